The quantitative estimate of drug-likeness (QED) is 0.617. The van der Waals surface area contributed by atoms with Crippen molar-refractivity contribution in [3.63, 3.8) is 0 Å². The van der Waals surface area contributed by atoms with Crippen LogP contribution < -0.4 is 10.6 Å². The second-order valence-electron chi connectivity index (χ2n) is 5.51. The van der Waals surface area contributed by atoms with Crippen molar-refractivity contribution in [2.45, 2.75) is 51.4 Å². The van der Waals surface area contributed by atoms with Gasteiger partial charge in [-0.2, -0.15) is 0 Å². The Morgan fingerprint density at radius 2 is 2.19 bits per heavy atom. The number of hydrogen-bond donors (Lipinski definition) is 3. The minimum atomic E-state index is -0.873. The Morgan fingerprint density at radius 1 is 1.56 bits per heavy atom. The molecule has 0 aliphatic carbocycles. The zero-order chi connectivity index (χ0) is 12.4. The lowest BCUT2D eigenvalue weighted by Gasteiger charge is -2.38. The molecule has 5 nitrogen and oxygen atoms in total. The molecule has 1 aliphatic rings. The van der Waals surface area contributed by atoms with Gasteiger partial charge in [0.2, 0.25) is 0 Å². The molecular weight excluding hydrogens is 208 g/mol. The monoisotopic (exact) mass is 230 g/mol. The van der Waals surface area contributed by atoms with E-state index in [0.29, 0.717) is 13.0 Å². The maximum absolute atomic E-state index is 11.5. The molecule has 0 saturated carbocycles. The zero-order valence-corrected chi connectivity index (χ0v) is 10.5. The minimum Gasteiger partial charge on any atom is -0.444 e. The Balaban J connectivity index is 2.49. The molecule has 0 aromatic rings. The number of piperidine rings is 1. The third-order valence-electron chi connectivity index (χ3n) is 2.60. The highest BCUT2D eigenvalue weighted by molar-refractivity contribution is 5.68. The van der Waals surface area contributed by atoms with Crippen molar-refractivity contribution < 1.29 is 14.6 Å². The third kappa shape index (κ3) is 3.98. The van der Waals surface area contributed by atoms with E-state index in [1.165, 1.54) is 0 Å². The highest BCUT2D eigenvalue weighted by atomic mass is 16.6. The van der Waals surface area contributed by atoms with E-state index in [9.17, 15) is 9.90 Å². The Labute approximate surface area is 96.6 Å². The topological polar surface area (TPSA) is 70.6 Å². The van der Waals surface area contributed by atoms with Crippen molar-refractivity contribution in [3.05, 3.63) is 0 Å². The van der Waals surface area contributed by atoms with Crippen molar-refractivity contribution in [1.82, 2.24) is 10.6 Å². The minimum absolute atomic E-state index is 0.309. The van der Waals surface area contributed by atoms with Crippen LogP contribution in [0.5, 0.6) is 0 Å². The Hall–Kier alpha value is -0.810. The number of carbonyl (C=O) groups is 1. The maximum Gasteiger partial charge on any atom is 0.408 e. The van der Waals surface area contributed by atoms with Crippen LogP contribution in [0.15, 0.2) is 0 Å². The van der Waals surface area contributed by atoms with Gasteiger partial charge < -0.3 is 20.5 Å². The molecule has 1 saturated heterocycles. The predicted octanol–water partition coefficient (Wildman–Crippen LogP) is 0.624. The summed E-state index contributed by atoms with van der Waals surface area (Å²) in [6.07, 6.45) is 0.134. The lowest BCUT2D eigenvalue weighted by molar-refractivity contribution is -0.0109. The van der Waals surface area contributed by atoms with Gasteiger partial charge in [0, 0.05) is 6.54 Å². The molecule has 0 radical (unpaired) electrons. The van der Waals surface area contributed by atoms with Gasteiger partial charge >= 0.3 is 6.09 Å². The molecule has 0 bridgehead atoms. The number of nitrogens with one attached hydrogen (secondary N) is 2. The van der Waals surface area contributed by atoms with Gasteiger partial charge in [0.25, 0.3) is 0 Å². The fourth-order valence-electron chi connectivity index (χ4n) is 1.64. The van der Waals surface area contributed by atoms with Gasteiger partial charge in [0.1, 0.15) is 5.60 Å². The molecule has 1 heterocycles. The first kappa shape index (κ1) is 13.3. The van der Waals surface area contributed by atoms with E-state index in [-0.39, 0.29) is 6.04 Å². The van der Waals surface area contributed by atoms with Crippen molar-refractivity contribution in [3.8, 4) is 0 Å². The molecule has 0 aromatic heterocycles. The van der Waals surface area contributed by atoms with Crippen LogP contribution in [0.4, 0.5) is 4.79 Å². The molecule has 0 aromatic carbocycles. The Bertz CT molecular complexity index is 258. The summed E-state index contributed by atoms with van der Waals surface area (Å²) in [6.45, 7) is 8.49. The van der Waals surface area contributed by atoms with Gasteiger partial charge in [0.15, 0.2) is 0 Å². The number of amides is 1. The van der Waals surface area contributed by atoms with Crippen molar-refractivity contribution >= 4 is 6.09 Å². The molecule has 2 atom stereocenters. The SMILES string of the molecule is CC(C)(C)OC(=O)N[C@@H]1CNCC[C@@]1(C)O. The van der Waals surface area contributed by atoms with Crippen LogP contribution in [0.3, 0.4) is 0 Å². The van der Waals surface area contributed by atoms with E-state index in [0.717, 1.165) is 6.54 Å². The van der Waals surface area contributed by atoms with E-state index < -0.39 is 17.3 Å². The number of ether oxygens (including phenoxy) is 1. The molecule has 94 valence electrons. The summed E-state index contributed by atoms with van der Waals surface area (Å²) in [7, 11) is 0. The molecule has 1 fully saturated rings. The zero-order valence-electron chi connectivity index (χ0n) is 10.5. The first-order chi connectivity index (χ1) is 7.21. The molecule has 1 amide bonds. The van der Waals surface area contributed by atoms with E-state index in [4.69, 9.17) is 4.74 Å². The first-order valence-corrected chi connectivity index (χ1v) is 5.63. The van der Waals surface area contributed by atoms with Crippen molar-refractivity contribution in [2.75, 3.05) is 13.1 Å². The molecule has 0 unspecified atom stereocenters. The van der Waals surface area contributed by atoms with E-state index in [1.807, 2.05) is 20.8 Å². The summed E-state index contributed by atoms with van der Waals surface area (Å²) >= 11 is 0. The second kappa shape index (κ2) is 4.59. The lowest BCUT2D eigenvalue weighted by Crippen LogP contribution is -2.60. The molecule has 1 aliphatic heterocycles. The highest BCUT2D eigenvalue weighted by Gasteiger charge is 2.36. The van der Waals surface area contributed by atoms with Gasteiger partial charge in [-0.05, 0) is 40.7 Å². The summed E-state index contributed by atoms with van der Waals surface area (Å²) in [5.41, 5.74) is -1.39. The normalized spacial score (nSPS) is 30.9. The predicted molar refractivity (Wildman–Crippen MR) is 61.3 cm³/mol. The first-order valence-electron chi connectivity index (χ1n) is 5.63. The molecule has 5 heteroatoms. The number of carbonyl (C=O) groups excluding carboxylic acids is 1. The summed E-state index contributed by atoms with van der Waals surface area (Å²) < 4.78 is 5.14. The number of aliphatic hydroxyl groups is 1. The molecule has 16 heavy (non-hydrogen) atoms. The van der Waals surface area contributed by atoms with Gasteiger partial charge in [-0.25, -0.2) is 4.79 Å². The number of hydrogen-bond acceptors (Lipinski definition) is 4. The van der Waals surface area contributed by atoms with Gasteiger partial charge in [-0.15, -0.1) is 0 Å². The maximum atomic E-state index is 11.5. The van der Waals surface area contributed by atoms with Crippen LogP contribution in [-0.2, 0) is 4.74 Å². The van der Waals surface area contributed by atoms with Crippen LogP contribution in [-0.4, -0.2) is 41.5 Å². The molecule has 3 N–H and O–H groups in total. The van der Waals surface area contributed by atoms with E-state index >= 15 is 0 Å². The van der Waals surface area contributed by atoms with Crippen LogP contribution in [0.1, 0.15) is 34.1 Å². The fourth-order valence-corrected chi connectivity index (χ4v) is 1.64. The van der Waals surface area contributed by atoms with Crippen LogP contribution >= 0.6 is 0 Å². The average Bonchev–Trinajstić information content (AvgIpc) is 2.05. The summed E-state index contributed by atoms with van der Waals surface area (Å²) in [4.78, 5) is 11.5. The fraction of sp³-hybridized carbons (Fsp3) is 0.909. The van der Waals surface area contributed by atoms with Crippen LogP contribution in [0, 0.1) is 0 Å². The largest absolute Gasteiger partial charge is 0.444 e. The van der Waals surface area contributed by atoms with Crippen LogP contribution in [0.25, 0.3) is 0 Å². The van der Waals surface area contributed by atoms with Crippen molar-refractivity contribution in [1.29, 1.82) is 0 Å². The summed E-state index contributed by atoms with van der Waals surface area (Å²) in [6, 6.07) is -0.309. The van der Waals surface area contributed by atoms with Crippen LogP contribution in [0.2, 0.25) is 0 Å². The average molecular weight is 230 g/mol. The summed E-state index contributed by atoms with van der Waals surface area (Å²) in [5, 5.41) is 15.9. The van der Waals surface area contributed by atoms with Gasteiger partial charge in [-0.1, -0.05) is 0 Å². The smallest absolute Gasteiger partial charge is 0.408 e. The van der Waals surface area contributed by atoms with Crippen molar-refractivity contribution in [2.24, 2.45) is 0 Å². The lowest BCUT2D eigenvalue weighted by atomic mass is 9.90. The summed E-state index contributed by atoms with van der Waals surface area (Å²) in [5.74, 6) is 0. The molecular formula is C11H22N2O3. The van der Waals surface area contributed by atoms with Gasteiger partial charge in [-0.3, -0.25) is 0 Å². The third-order valence-corrected chi connectivity index (χ3v) is 2.60. The number of rotatable bonds is 1. The standard InChI is InChI=1S/C11H22N2O3/c1-10(2,3)16-9(14)13-8-7-12-6-5-11(8,4)15/h8,12,15H,5-7H2,1-4H3,(H,13,14)/t8-,11-/m1/s1. The highest BCUT2D eigenvalue weighted by Crippen LogP contribution is 2.18. The van der Waals surface area contributed by atoms with E-state index in [2.05, 4.69) is 10.6 Å². The number of alkyl carbamates (subject to hydrolysis) is 1. The Kier molecular flexibility index (Phi) is 3.80. The van der Waals surface area contributed by atoms with Gasteiger partial charge in [0.05, 0.1) is 11.6 Å². The molecule has 0 spiro atoms. The second-order valence-corrected chi connectivity index (χ2v) is 5.51. The van der Waals surface area contributed by atoms with E-state index in [1.54, 1.807) is 6.92 Å². The Morgan fingerprint density at radius 3 is 2.69 bits per heavy atom. The molecule has 1 rings (SSSR count).